The van der Waals surface area contributed by atoms with Crippen LogP contribution in [0.2, 0.25) is 15.1 Å². The zero-order chi connectivity index (χ0) is 23.3. The van der Waals surface area contributed by atoms with E-state index in [1.54, 1.807) is 18.2 Å². The third-order valence-corrected chi connectivity index (χ3v) is 7.31. The Bertz CT molecular complexity index is 1200. The molecule has 0 unspecified atom stereocenters. The van der Waals surface area contributed by atoms with Crippen molar-refractivity contribution in [2.75, 3.05) is 6.54 Å². The van der Waals surface area contributed by atoms with E-state index in [-0.39, 0.29) is 28.8 Å². The van der Waals surface area contributed by atoms with E-state index in [0.717, 1.165) is 4.31 Å². The molecule has 1 N–H and O–H groups in total. The Balaban J connectivity index is 1.81. The van der Waals surface area contributed by atoms with Crippen LogP contribution in [-0.2, 0) is 27.9 Å². The summed E-state index contributed by atoms with van der Waals surface area (Å²) >= 11 is 17.9. The number of amides is 1. The van der Waals surface area contributed by atoms with Gasteiger partial charge in [-0.2, -0.15) is 4.31 Å². The second-order valence-electron chi connectivity index (χ2n) is 6.88. The standard InChI is InChI=1S/C22H18Cl3FN2O3S/c23-17-4-8-19(9-5-17)32(30,31)28(13-16-3-10-20(24)21(25)11-16)14-22(29)27-12-15-1-6-18(26)7-2-15/h1-11H,12-14H2,(H,27,29). The van der Waals surface area contributed by atoms with Gasteiger partial charge in [-0.05, 0) is 59.7 Å². The molecule has 3 aromatic carbocycles. The van der Waals surface area contributed by atoms with Gasteiger partial charge >= 0.3 is 0 Å². The second kappa shape index (κ2) is 10.6. The summed E-state index contributed by atoms with van der Waals surface area (Å²) < 4.78 is 40.6. The Labute approximate surface area is 200 Å². The first-order valence-corrected chi connectivity index (χ1v) is 11.9. The Morgan fingerprint density at radius 2 is 1.50 bits per heavy atom. The van der Waals surface area contributed by atoms with Gasteiger partial charge in [-0.1, -0.05) is 53.0 Å². The number of hydrogen-bond donors (Lipinski definition) is 1. The highest BCUT2D eigenvalue weighted by atomic mass is 35.5. The zero-order valence-corrected chi connectivity index (χ0v) is 19.6. The van der Waals surface area contributed by atoms with E-state index in [4.69, 9.17) is 34.8 Å². The predicted octanol–water partition coefficient (Wildman–Crippen LogP) is 5.29. The first kappa shape index (κ1) is 24.5. The molecule has 1 amide bonds. The molecule has 10 heteroatoms. The van der Waals surface area contributed by atoms with E-state index in [1.165, 1.54) is 48.5 Å². The number of carbonyl (C=O) groups excluding carboxylic acids is 1. The fourth-order valence-electron chi connectivity index (χ4n) is 2.84. The minimum atomic E-state index is -4.03. The van der Waals surface area contributed by atoms with Crippen LogP contribution in [-0.4, -0.2) is 25.2 Å². The number of nitrogens with zero attached hydrogens (tertiary/aromatic N) is 1. The number of halogens is 4. The molecule has 0 saturated carbocycles. The summed E-state index contributed by atoms with van der Waals surface area (Å²) in [6.07, 6.45) is 0. The van der Waals surface area contributed by atoms with Crippen molar-refractivity contribution in [3.8, 4) is 0 Å². The summed E-state index contributed by atoms with van der Waals surface area (Å²) in [5.41, 5.74) is 1.24. The smallest absolute Gasteiger partial charge is 0.243 e. The predicted molar refractivity (Wildman–Crippen MR) is 124 cm³/mol. The molecule has 0 spiro atoms. The molecule has 0 aromatic heterocycles. The largest absolute Gasteiger partial charge is 0.351 e. The number of rotatable bonds is 8. The van der Waals surface area contributed by atoms with Gasteiger partial charge in [0.05, 0.1) is 21.5 Å². The van der Waals surface area contributed by atoms with Crippen molar-refractivity contribution in [3.05, 3.63) is 98.7 Å². The van der Waals surface area contributed by atoms with Crippen molar-refractivity contribution in [3.63, 3.8) is 0 Å². The lowest BCUT2D eigenvalue weighted by Gasteiger charge is -2.22. The molecule has 3 rings (SSSR count). The molecule has 0 radical (unpaired) electrons. The van der Waals surface area contributed by atoms with Crippen LogP contribution in [0.25, 0.3) is 0 Å². The molecule has 0 aliphatic heterocycles. The highest BCUT2D eigenvalue weighted by molar-refractivity contribution is 7.89. The number of hydrogen-bond acceptors (Lipinski definition) is 3. The Morgan fingerprint density at radius 3 is 2.12 bits per heavy atom. The van der Waals surface area contributed by atoms with Gasteiger partial charge in [0.25, 0.3) is 0 Å². The van der Waals surface area contributed by atoms with Crippen molar-refractivity contribution in [1.82, 2.24) is 9.62 Å². The summed E-state index contributed by atoms with van der Waals surface area (Å²) in [5, 5.41) is 3.64. The molecule has 0 aliphatic rings. The number of carbonyl (C=O) groups is 1. The molecular formula is C22H18Cl3FN2O3S. The maximum atomic E-state index is 13.2. The van der Waals surface area contributed by atoms with Crippen LogP contribution in [0.4, 0.5) is 4.39 Å². The molecule has 0 aliphatic carbocycles. The van der Waals surface area contributed by atoms with Crippen molar-refractivity contribution in [1.29, 1.82) is 0 Å². The SMILES string of the molecule is O=C(CN(Cc1ccc(Cl)c(Cl)c1)S(=O)(=O)c1ccc(Cl)cc1)NCc1ccc(F)cc1. The minimum Gasteiger partial charge on any atom is -0.351 e. The van der Waals surface area contributed by atoms with Gasteiger partial charge in [0, 0.05) is 18.1 Å². The van der Waals surface area contributed by atoms with Crippen LogP contribution in [0.15, 0.2) is 71.6 Å². The lowest BCUT2D eigenvalue weighted by atomic mass is 10.2. The van der Waals surface area contributed by atoms with E-state index >= 15 is 0 Å². The van der Waals surface area contributed by atoms with Crippen molar-refractivity contribution < 1.29 is 17.6 Å². The van der Waals surface area contributed by atoms with Crippen LogP contribution in [0, 0.1) is 5.82 Å². The molecule has 168 valence electrons. The van der Waals surface area contributed by atoms with Gasteiger partial charge in [0.2, 0.25) is 15.9 Å². The fourth-order valence-corrected chi connectivity index (χ4v) is 4.67. The molecule has 0 saturated heterocycles. The molecule has 32 heavy (non-hydrogen) atoms. The van der Waals surface area contributed by atoms with Gasteiger partial charge < -0.3 is 5.32 Å². The van der Waals surface area contributed by atoms with Gasteiger partial charge in [0.1, 0.15) is 5.82 Å². The maximum Gasteiger partial charge on any atom is 0.243 e. The van der Waals surface area contributed by atoms with Gasteiger partial charge in [0.15, 0.2) is 0 Å². The molecule has 0 fully saturated rings. The van der Waals surface area contributed by atoms with E-state index in [2.05, 4.69) is 5.32 Å². The molecule has 0 atom stereocenters. The summed E-state index contributed by atoms with van der Waals surface area (Å²) in [6, 6.07) is 16.0. The monoisotopic (exact) mass is 514 g/mol. The molecule has 0 heterocycles. The van der Waals surface area contributed by atoms with Gasteiger partial charge in [-0.3, -0.25) is 4.79 Å². The topological polar surface area (TPSA) is 66.5 Å². The maximum absolute atomic E-state index is 13.2. The van der Waals surface area contributed by atoms with Crippen molar-refractivity contribution in [2.24, 2.45) is 0 Å². The van der Waals surface area contributed by atoms with Crippen LogP contribution in [0.3, 0.4) is 0 Å². The van der Waals surface area contributed by atoms with Crippen molar-refractivity contribution in [2.45, 2.75) is 18.0 Å². The second-order valence-corrected chi connectivity index (χ2v) is 10.1. The van der Waals surface area contributed by atoms with E-state index in [1.807, 2.05) is 0 Å². The molecular weight excluding hydrogens is 498 g/mol. The Kier molecular flexibility index (Phi) is 8.14. The summed E-state index contributed by atoms with van der Waals surface area (Å²) in [6.45, 7) is -0.418. The highest BCUT2D eigenvalue weighted by Crippen LogP contribution is 2.25. The highest BCUT2D eigenvalue weighted by Gasteiger charge is 2.27. The lowest BCUT2D eigenvalue weighted by Crippen LogP contribution is -2.40. The molecule has 3 aromatic rings. The first-order chi connectivity index (χ1) is 15.1. The number of sulfonamides is 1. The minimum absolute atomic E-state index is 0.00621. The van der Waals surface area contributed by atoms with E-state index in [9.17, 15) is 17.6 Å². The third kappa shape index (κ3) is 6.43. The van der Waals surface area contributed by atoms with Gasteiger partial charge in [-0.25, -0.2) is 12.8 Å². The third-order valence-electron chi connectivity index (χ3n) is 4.52. The van der Waals surface area contributed by atoms with Gasteiger partial charge in [-0.15, -0.1) is 0 Å². The normalized spacial score (nSPS) is 11.5. The number of nitrogens with one attached hydrogen (secondary N) is 1. The van der Waals surface area contributed by atoms with Crippen LogP contribution in [0.5, 0.6) is 0 Å². The van der Waals surface area contributed by atoms with Crippen LogP contribution >= 0.6 is 34.8 Å². The van der Waals surface area contributed by atoms with Crippen LogP contribution < -0.4 is 5.32 Å². The molecule has 5 nitrogen and oxygen atoms in total. The average Bonchev–Trinajstić information content (AvgIpc) is 2.76. The van der Waals surface area contributed by atoms with Crippen molar-refractivity contribution >= 4 is 50.7 Å². The van der Waals surface area contributed by atoms with Crippen LogP contribution in [0.1, 0.15) is 11.1 Å². The summed E-state index contributed by atoms with van der Waals surface area (Å²) in [4.78, 5) is 12.6. The zero-order valence-electron chi connectivity index (χ0n) is 16.6. The fraction of sp³-hybridized carbons (Fsp3) is 0.136. The summed E-state index contributed by atoms with van der Waals surface area (Å²) in [7, 11) is -4.03. The summed E-state index contributed by atoms with van der Waals surface area (Å²) in [5.74, 6) is -0.908. The Hall–Kier alpha value is -2.16. The first-order valence-electron chi connectivity index (χ1n) is 9.36. The lowest BCUT2D eigenvalue weighted by molar-refractivity contribution is -0.121. The Morgan fingerprint density at radius 1 is 0.875 bits per heavy atom. The number of benzene rings is 3. The van der Waals surface area contributed by atoms with E-state index in [0.29, 0.717) is 21.2 Å². The quantitative estimate of drug-likeness (QED) is 0.443. The van der Waals surface area contributed by atoms with E-state index < -0.39 is 22.5 Å². The average molecular weight is 516 g/mol. The molecule has 0 bridgehead atoms.